The first kappa shape index (κ1) is 16.1. The summed E-state index contributed by atoms with van der Waals surface area (Å²) in [7, 11) is -0.985. The Bertz CT molecular complexity index is 372. The number of carbonyl (C=O) groups excluding carboxylic acids is 1. The summed E-state index contributed by atoms with van der Waals surface area (Å²) >= 11 is 0. The number of carboxylic acid groups (broad SMARTS) is 1. The zero-order valence-corrected chi connectivity index (χ0v) is 12.5. The van der Waals surface area contributed by atoms with Crippen LogP contribution in [0.25, 0.3) is 0 Å². The summed E-state index contributed by atoms with van der Waals surface area (Å²) in [5.74, 6) is -1.80. The maximum absolute atomic E-state index is 12.1. The van der Waals surface area contributed by atoms with Gasteiger partial charge in [-0.05, 0) is 25.7 Å². The van der Waals surface area contributed by atoms with E-state index in [9.17, 15) is 18.9 Å². The molecule has 0 bridgehead atoms. The molecule has 0 heterocycles. The zero-order chi connectivity index (χ0) is 14.6. The quantitative estimate of drug-likeness (QED) is 0.764. The molecule has 0 aromatic heterocycles. The predicted molar refractivity (Wildman–Crippen MR) is 74.2 cm³/mol. The standard InChI is InChI=1S/C13H23NO4S/c1-4-9-5-10(11(6-9)13(16)17)12(15)14-7-8(2)19(3)18/h8-11H,4-7H2,1-3H3,(H,14,15)(H,16,17)/t8?,9?,10-,11+,19?/m0/s1. The highest BCUT2D eigenvalue weighted by Crippen LogP contribution is 2.38. The van der Waals surface area contributed by atoms with Gasteiger partial charge in [0.1, 0.15) is 0 Å². The Kier molecular flexibility index (Phi) is 5.97. The van der Waals surface area contributed by atoms with Crippen LogP contribution in [0.5, 0.6) is 0 Å². The minimum absolute atomic E-state index is 0.115. The van der Waals surface area contributed by atoms with E-state index in [4.69, 9.17) is 0 Å². The molecule has 1 saturated carbocycles. The normalized spacial score (nSPS) is 29.7. The molecule has 0 aliphatic heterocycles. The van der Waals surface area contributed by atoms with Gasteiger partial charge in [-0.1, -0.05) is 13.3 Å². The average Bonchev–Trinajstić information content (AvgIpc) is 2.79. The highest BCUT2D eigenvalue weighted by atomic mass is 32.2. The van der Waals surface area contributed by atoms with E-state index >= 15 is 0 Å². The smallest absolute Gasteiger partial charge is 0.307 e. The summed E-state index contributed by atoms with van der Waals surface area (Å²) in [4.78, 5) is 23.3. The Hall–Kier alpha value is -0.910. The molecule has 110 valence electrons. The lowest BCUT2D eigenvalue weighted by molar-refractivity contribution is -0.146. The van der Waals surface area contributed by atoms with Crippen molar-refractivity contribution >= 4 is 22.7 Å². The number of carboxylic acids is 1. The monoisotopic (exact) mass is 289 g/mol. The second-order valence-corrected chi connectivity index (χ2v) is 7.15. The van der Waals surface area contributed by atoms with Crippen LogP contribution in [0.3, 0.4) is 0 Å². The van der Waals surface area contributed by atoms with Gasteiger partial charge in [0, 0.05) is 28.9 Å². The summed E-state index contributed by atoms with van der Waals surface area (Å²) < 4.78 is 11.2. The molecule has 5 atom stereocenters. The molecular formula is C13H23NO4S. The van der Waals surface area contributed by atoms with Crippen LogP contribution in [0.15, 0.2) is 0 Å². The van der Waals surface area contributed by atoms with E-state index in [1.807, 2.05) is 6.92 Å². The van der Waals surface area contributed by atoms with E-state index in [1.54, 1.807) is 13.2 Å². The molecule has 1 aliphatic rings. The highest BCUT2D eigenvalue weighted by molar-refractivity contribution is 7.84. The Balaban J connectivity index is 2.59. The molecule has 0 saturated heterocycles. The average molecular weight is 289 g/mol. The van der Waals surface area contributed by atoms with Gasteiger partial charge in [0.05, 0.1) is 11.8 Å². The molecule has 0 aromatic carbocycles. The van der Waals surface area contributed by atoms with Gasteiger partial charge < -0.3 is 10.4 Å². The van der Waals surface area contributed by atoms with E-state index in [0.29, 0.717) is 25.3 Å². The number of aliphatic carboxylic acids is 1. The molecule has 0 radical (unpaired) electrons. The molecule has 1 rings (SSSR count). The lowest BCUT2D eigenvalue weighted by atomic mass is 9.95. The maximum atomic E-state index is 12.1. The molecule has 19 heavy (non-hydrogen) atoms. The van der Waals surface area contributed by atoms with Crippen LogP contribution in [0, 0.1) is 17.8 Å². The van der Waals surface area contributed by atoms with E-state index in [1.165, 1.54) is 0 Å². The largest absolute Gasteiger partial charge is 0.481 e. The fourth-order valence-electron chi connectivity index (χ4n) is 2.53. The van der Waals surface area contributed by atoms with Gasteiger partial charge in [0.25, 0.3) is 0 Å². The number of hydrogen-bond acceptors (Lipinski definition) is 3. The van der Waals surface area contributed by atoms with Gasteiger partial charge in [-0.2, -0.15) is 0 Å². The van der Waals surface area contributed by atoms with Gasteiger partial charge in [-0.15, -0.1) is 0 Å². The van der Waals surface area contributed by atoms with Crippen molar-refractivity contribution in [3.05, 3.63) is 0 Å². The van der Waals surface area contributed by atoms with Crippen molar-refractivity contribution in [2.24, 2.45) is 17.8 Å². The molecule has 1 fully saturated rings. The van der Waals surface area contributed by atoms with Crippen molar-refractivity contribution in [3.8, 4) is 0 Å². The second kappa shape index (κ2) is 7.03. The minimum atomic E-state index is -0.985. The van der Waals surface area contributed by atoms with Gasteiger partial charge >= 0.3 is 5.97 Å². The van der Waals surface area contributed by atoms with Gasteiger partial charge in [0.2, 0.25) is 5.91 Å². The SMILES string of the molecule is CCC1C[C@H](C(=O)NCC(C)S(C)=O)[C@H](C(=O)O)C1. The number of hydrogen-bond donors (Lipinski definition) is 2. The lowest BCUT2D eigenvalue weighted by Crippen LogP contribution is -2.39. The lowest BCUT2D eigenvalue weighted by Gasteiger charge is -2.17. The van der Waals surface area contributed by atoms with Crippen molar-refractivity contribution in [3.63, 3.8) is 0 Å². The van der Waals surface area contributed by atoms with E-state index in [2.05, 4.69) is 5.32 Å². The third-order valence-corrected chi connectivity index (χ3v) is 5.32. The van der Waals surface area contributed by atoms with Gasteiger partial charge in [-0.25, -0.2) is 0 Å². The first-order valence-electron chi connectivity index (χ1n) is 6.69. The fraction of sp³-hybridized carbons (Fsp3) is 0.846. The van der Waals surface area contributed by atoms with Crippen LogP contribution in [0.1, 0.15) is 33.1 Å². The number of carbonyl (C=O) groups is 2. The van der Waals surface area contributed by atoms with Crippen LogP contribution in [0.2, 0.25) is 0 Å². The molecule has 2 N–H and O–H groups in total. The van der Waals surface area contributed by atoms with Crippen LogP contribution in [0.4, 0.5) is 0 Å². The van der Waals surface area contributed by atoms with E-state index in [-0.39, 0.29) is 11.2 Å². The predicted octanol–water partition coefficient (Wildman–Crippen LogP) is 1.01. The molecule has 6 heteroatoms. The summed E-state index contributed by atoms with van der Waals surface area (Å²) in [6, 6.07) is 0. The molecule has 5 nitrogen and oxygen atoms in total. The molecular weight excluding hydrogens is 266 g/mol. The molecule has 3 unspecified atom stereocenters. The fourth-order valence-corrected chi connectivity index (χ4v) is 2.85. The summed E-state index contributed by atoms with van der Waals surface area (Å²) in [5, 5.41) is 11.8. The molecule has 1 aliphatic carbocycles. The first-order chi connectivity index (χ1) is 8.86. The number of rotatable bonds is 6. The van der Waals surface area contributed by atoms with Gasteiger partial charge in [0.15, 0.2) is 0 Å². The Morgan fingerprint density at radius 1 is 1.37 bits per heavy atom. The topological polar surface area (TPSA) is 83.5 Å². The third-order valence-electron chi connectivity index (χ3n) is 4.02. The minimum Gasteiger partial charge on any atom is -0.481 e. The maximum Gasteiger partial charge on any atom is 0.307 e. The first-order valence-corrected chi connectivity index (χ1v) is 8.31. The van der Waals surface area contributed by atoms with Crippen LogP contribution < -0.4 is 5.32 Å². The van der Waals surface area contributed by atoms with Gasteiger partial charge in [-0.3, -0.25) is 13.8 Å². The summed E-state index contributed by atoms with van der Waals surface area (Å²) in [6.45, 7) is 4.16. The molecule has 0 aromatic rings. The number of nitrogens with one attached hydrogen (secondary N) is 1. The molecule has 0 spiro atoms. The third kappa shape index (κ3) is 4.30. The Morgan fingerprint density at radius 3 is 2.42 bits per heavy atom. The Morgan fingerprint density at radius 2 is 1.95 bits per heavy atom. The van der Waals surface area contributed by atoms with Crippen molar-refractivity contribution < 1.29 is 18.9 Å². The van der Waals surface area contributed by atoms with E-state index < -0.39 is 28.6 Å². The summed E-state index contributed by atoms with van der Waals surface area (Å²) in [5.41, 5.74) is 0. The van der Waals surface area contributed by atoms with Crippen molar-refractivity contribution in [2.45, 2.75) is 38.4 Å². The van der Waals surface area contributed by atoms with Crippen molar-refractivity contribution in [1.29, 1.82) is 0 Å². The zero-order valence-electron chi connectivity index (χ0n) is 11.7. The molecule has 1 amide bonds. The van der Waals surface area contributed by atoms with Crippen molar-refractivity contribution in [2.75, 3.05) is 12.8 Å². The van der Waals surface area contributed by atoms with E-state index in [0.717, 1.165) is 6.42 Å². The second-order valence-electron chi connectivity index (χ2n) is 5.35. The van der Waals surface area contributed by atoms with Crippen molar-refractivity contribution in [1.82, 2.24) is 5.32 Å². The number of amides is 1. The van der Waals surface area contributed by atoms with Crippen LogP contribution in [-0.4, -0.2) is 39.2 Å². The highest BCUT2D eigenvalue weighted by Gasteiger charge is 2.42. The van der Waals surface area contributed by atoms with Crippen LogP contribution in [-0.2, 0) is 20.4 Å². The Labute approximate surface area is 116 Å². The van der Waals surface area contributed by atoms with Crippen LogP contribution >= 0.6 is 0 Å². The summed E-state index contributed by atoms with van der Waals surface area (Å²) in [6.07, 6.45) is 3.73.